The maximum Gasteiger partial charge on any atom is 0.230 e. The van der Waals surface area contributed by atoms with Crippen LogP contribution in [0.1, 0.15) is 38.9 Å². The summed E-state index contributed by atoms with van der Waals surface area (Å²) >= 11 is 1.44. The number of hydrogen-bond donors (Lipinski definition) is 1. The summed E-state index contributed by atoms with van der Waals surface area (Å²) in [6.07, 6.45) is 5.12. The molecule has 2 aromatic heterocycles. The summed E-state index contributed by atoms with van der Waals surface area (Å²) in [5.41, 5.74) is 0. The number of nitrogens with one attached hydrogen (secondary N) is 1. The van der Waals surface area contributed by atoms with E-state index in [2.05, 4.69) is 38.8 Å². The lowest BCUT2D eigenvalue weighted by molar-refractivity contribution is -0.118. The lowest BCUT2D eigenvalue weighted by Crippen LogP contribution is -2.40. The molecule has 1 saturated carbocycles. The van der Waals surface area contributed by atoms with Gasteiger partial charge in [0.2, 0.25) is 11.9 Å². The van der Waals surface area contributed by atoms with Gasteiger partial charge in [0.05, 0.1) is 18.6 Å². The van der Waals surface area contributed by atoms with Gasteiger partial charge >= 0.3 is 0 Å². The zero-order chi connectivity index (χ0) is 18.8. The average Bonchev–Trinajstić information content (AvgIpc) is 3.13. The highest BCUT2D eigenvalue weighted by atomic mass is 32.2. The predicted molar refractivity (Wildman–Crippen MR) is 105 cm³/mol. The first-order valence-corrected chi connectivity index (χ1v) is 10.7. The van der Waals surface area contributed by atoms with Gasteiger partial charge in [0.1, 0.15) is 5.76 Å². The van der Waals surface area contributed by atoms with Crippen molar-refractivity contribution in [3.63, 3.8) is 0 Å². The van der Waals surface area contributed by atoms with Crippen LogP contribution in [0.2, 0.25) is 0 Å². The van der Waals surface area contributed by atoms with Crippen LogP contribution in [0.4, 0.5) is 5.95 Å². The Balaban J connectivity index is 1.52. The molecule has 3 heterocycles. The summed E-state index contributed by atoms with van der Waals surface area (Å²) in [4.78, 5) is 14.4. The van der Waals surface area contributed by atoms with Gasteiger partial charge in [-0.2, -0.15) is 0 Å². The van der Waals surface area contributed by atoms with Crippen LogP contribution in [0.25, 0.3) is 0 Å². The second kappa shape index (κ2) is 7.96. The topological polar surface area (TPSA) is 76.2 Å². The van der Waals surface area contributed by atoms with E-state index in [4.69, 9.17) is 4.42 Å². The molecule has 4 rings (SSSR count). The SMILES string of the molecule is C[C@@H]1C[C@H](C)CN(c2nnc(SCC(=O)NC3CC3)n2Cc2ccco2)C1. The van der Waals surface area contributed by atoms with Crippen molar-refractivity contribution in [1.82, 2.24) is 20.1 Å². The van der Waals surface area contributed by atoms with E-state index in [-0.39, 0.29) is 5.91 Å². The molecule has 0 spiro atoms. The Labute approximate surface area is 163 Å². The van der Waals surface area contributed by atoms with E-state index in [1.165, 1.54) is 18.2 Å². The predicted octanol–water partition coefficient (Wildman–Crippen LogP) is 2.77. The minimum absolute atomic E-state index is 0.0665. The molecule has 2 atom stereocenters. The van der Waals surface area contributed by atoms with Gasteiger partial charge in [-0.1, -0.05) is 25.6 Å². The number of rotatable bonds is 7. The van der Waals surface area contributed by atoms with Gasteiger partial charge in [0.15, 0.2) is 5.16 Å². The zero-order valence-corrected chi connectivity index (χ0v) is 16.7. The molecule has 7 nitrogen and oxygen atoms in total. The maximum absolute atomic E-state index is 12.1. The van der Waals surface area contributed by atoms with Crippen molar-refractivity contribution in [1.29, 1.82) is 0 Å². The van der Waals surface area contributed by atoms with Crippen LogP contribution in [0.3, 0.4) is 0 Å². The summed E-state index contributed by atoms with van der Waals surface area (Å²) in [5, 5.41) is 12.7. The van der Waals surface area contributed by atoms with Gasteiger partial charge in [0, 0.05) is 19.1 Å². The molecule has 0 aromatic carbocycles. The number of aromatic nitrogens is 3. The van der Waals surface area contributed by atoms with Crippen LogP contribution in [-0.2, 0) is 11.3 Å². The standard InChI is InChI=1S/C19H27N5O2S/c1-13-8-14(2)10-23(9-13)18-21-22-19(24(18)11-16-4-3-7-26-16)27-12-17(25)20-15-5-6-15/h3-4,7,13-15H,5-6,8-12H2,1-2H3,(H,20,25)/t13-,14+. The normalized spacial score (nSPS) is 22.8. The first kappa shape index (κ1) is 18.4. The highest BCUT2D eigenvalue weighted by molar-refractivity contribution is 7.99. The molecule has 2 fully saturated rings. The van der Waals surface area contributed by atoms with Crippen LogP contribution in [0.15, 0.2) is 28.0 Å². The van der Waals surface area contributed by atoms with Crippen molar-refractivity contribution in [2.75, 3.05) is 23.7 Å². The largest absolute Gasteiger partial charge is 0.467 e. The van der Waals surface area contributed by atoms with Gasteiger partial charge in [0.25, 0.3) is 0 Å². The number of nitrogens with zero attached hydrogens (tertiary/aromatic N) is 4. The number of furan rings is 1. The van der Waals surface area contributed by atoms with Gasteiger partial charge in [-0.25, -0.2) is 0 Å². The number of anilines is 1. The van der Waals surface area contributed by atoms with Crippen LogP contribution in [0.5, 0.6) is 0 Å². The van der Waals surface area contributed by atoms with E-state index in [9.17, 15) is 4.79 Å². The number of amides is 1. The molecule has 2 aliphatic rings. The molecule has 2 aromatic rings. The van der Waals surface area contributed by atoms with Crippen LogP contribution in [0, 0.1) is 11.8 Å². The second-order valence-electron chi connectivity index (χ2n) is 7.93. The first-order valence-electron chi connectivity index (χ1n) is 9.71. The summed E-state index contributed by atoms with van der Waals surface area (Å²) in [7, 11) is 0. The molecule has 0 unspecified atom stereocenters. The number of thioether (sulfide) groups is 1. The Hall–Kier alpha value is -1.96. The molecular weight excluding hydrogens is 362 g/mol. The van der Waals surface area contributed by atoms with Gasteiger partial charge in [-0.05, 0) is 43.2 Å². The van der Waals surface area contributed by atoms with Crippen molar-refractivity contribution < 1.29 is 9.21 Å². The molecule has 0 bridgehead atoms. The number of carbonyl (C=O) groups is 1. The van der Waals surface area contributed by atoms with Crippen molar-refractivity contribution in [3.05, 3.63) is 24.2 Å². The van der Waals surface area contributed by atoms with E-state index in [0.717, 1.165) is 42.8 Å². The summed E-state index contributed by atoms with van der Waals surface area (Å²) < 4.78 is 7.63. The van der Waals surface area contributed by atoms with Crippen LogP contribution >= 0.6 is 11.8 Å². The number of hydrogen-bond acceptors (Lipinski definition) is 6. The smallest absolute Gasteiger partial charge is 0.230 e. The minimum Gasteiger partial charge on any atom is -0.467 e. The second-order valence-corrected chi connectivity index (χ2v) is 8.87. The Morgan fingerprint density at radius 2 is 2.07 bits per heavy atom. The molecule has 1 N–H and O–H groups in total. The Bertz CT molecular complexity index is 761. The van der Waals surface area contributed by atoms with E-state index in [0.29, 0.717) is 30.2 Å². The highest BCUT2D eigenvalue weighted by Crippen LogP contribution is 2.29. The van der Waals surface area contributed by atoms with Crippen LogP contribution in [-0.4, -0.2) is 45.6 Å². The fourth-order valence-electron chi connectivity index (χ4n) is 3.77. The summed E-state index contributed by atoms with van der Waals surface area (Å²) in [6.45, 7) is 7.10. The van der Waals surface area contributed by atoms with Crippen molar-refractivity contribution in [2.24, 2.45) is 11.8 Å². The molecule has 1 amide bonds. The third-order valence-electron chi connectivity index (χ3n) is 5.02. The molecule has 146 valence electrons. The van der Waals surface area contributed by atoms with E-state index in [1.807, 2.05) is 12.1 Å². The Morgan fingerprint density at radius 1 is 1.30 bits per heavy atom. The molecule has 8 heteroatoms. The Kier molecular flexibility index (Phi) is 5.43. The van der Waals surface area contributed by atoms with Crippen LogP contribution < -0.4 is 10.2 Å². The third kappa shape index (κ3) is 4.66. The van der Waals surface area contributed by atoms with Gasteiger partial charge < -0.3 is 14.6 Å². The molecule has 1 saturated heterocycles. The average molecular weight is 390 g/mol. The molecule has 0 radical (unpaired) electrons. The number of carbonyl (C=O) groups excluding carboxylic acids is 1. The number of piperidine rings is 1. The van der Waals surface area contributed by atoms with Gasteiger partial charge in [-0.15, -0.1) is 10.2 Å². The molecule has 1 aliphatic heterocycles. The van der Waals surface area contributed by atoms with Crippen molar-refractivity contribution in [3.8, 4) is 0 Å². The fraction of sp³-hybridized carbons (Fsp3) is 0.632. The molecular formula is C19H27N5O2S. The van der Waals surface area contributed by atoms with E-state index >= 15 is 0 Å². The Morgan fingerprint density at radius 3 is 2.74 bits per heavy atom. The first-order chi connectivity index (χ1) is 13.1. The van der Waals surface area contributed by atoms with E-state index < -0.39 is 0 Å². The molecule has 27 heavy (non-hydrogen) atoms. The highest BCUT2D eigenvalue weighted by Gasteiger charge is 2.28. The third-order valence-corrected chi connectivity index (χ3v) is 5.98. The monoisotopic (exact) mass is 389 g/mol. The molecule has 1 aliphatic carbocycles. The van der Waals surface area contributed by atoms with Crippen molar-refractivity contribution >= 4 is 23.6 Å². The van der Waals surface area contributed by atoms with Crippen molar-refractivity contribution in [2.45, 2.75) is 50.9 Å². The summed E-state index contributed by atoms with van der Waals surface area (Å²) in [6, 6.07) is 4.23. The lowest BCUT2D eigenvalue weighted by atomic mass is 9.92. The maximum atomic E-state index is 12.1. The zero-order valence-electron chi connectivity index (χ0n) is 15.9. The van der Waals surface area contributed by atoms with E-state index in [1.54, 1.807) is 6.26 Å². The quantitative estimate of drug-likeness (QED) is 0.734. The lowest BCUT2D eigenvalue weighted by Gasteiger charge is -2.35. The fourth-order valence-corrected chi connectivity index (χ4v) is 4.52. The van der Waals surface area contributed by atoms with Gasteiger partial charge in [-0.3, -0.25) is 9.36 Å². The summed E-state index contributed by atoms with van der Waals surface area (Å²) in [5.74, 6) is 3.41. The minimum atomic E-state index is 0.0665.